The molecule has 1 saturated heterocycles. The van der Waals surface area contributed by atoms with Crippen LogP contribution in [0.15, 0.2) is 18.2 Å². The molecule has 5 nitrogen and oxygen atoms in total. The molecule has 2 rings (SSSR count). The number of carbonyl (C=O) groups excluding carboxylic acids is 1. The number of amides is 1. The number of likely N-dealkylation sites (tertiary alicyclic amines) is 1. The number of aliphatic hydroxyl groups excluding tert-OH is 1. The van der Waals surface area contributed by atoms with Gasteiger partial charge in [0.1, 0.15) is 12.4 Å². The molecule has 1 aliphatic heterocycles. The van der Waals surface area contributed by atoms with Crippen molar-refractivity contribution in [3.63, 3.8) is 0 Å². The van der Waals surface area contributed by atoms with Crippen LogP contribution in [0.3, 0.4) is 0 Å². The monoisotopic (exact) mass is 334 g/mol. The van der Waals surface area contributed by atoms with Crippen LogP contribution in [0.25, 0.3) is 0 Å². The smallest absolute Gasteiger partial charge is 0.234 e. The Morgan fingerprint density at radius 3 is 2.79 bits per heavy atom. The Labute approximate surface area is 145 Å². The maximum Gasteiger partial charge on any atom is 0.234 e. The first kappa shape index (κ1) is 18.7. The van der Waals surface area contributed by atoms with E-state index in [1.807, 2.05) is 39.0 Å². The number of nitrogens with one attached hydrogen (secondary N) is 1. The summed E-state index contributed by atoms with van der Waals surface area (Å²) in [5.41, 5.74) is 2.22. The van der Waals surface area contributed by atoms with Crippen molar-refractivity contribution >= 4 is 5.91 Å². The van der Waals surface area contributed by atoms with Crippen LogP contribution >= 0.6 is 0 Å². The SMILES string of the molecule is Cc1cccc(C)c1OCCNC(=O)CN1CCCC(C(C)O)C1. The van der Waals surface area contributed by atoms with Crippen molar-refractivity contribution in [2.24, 2.45) is 5.92 Å². The Morgan fingerprint density at radius 2 is 2.12 bits per heavy atom. The third-order valence-corrected chi connectivity index (χ3v) is 4.67. The Kier molecular flexibility index (Phi) is 7.06. The maximum atomic E-state index is 12.1. The van der Waals surface area contributed by atoms with Crippen LogP contribution in [0.5, 0.6) is 5.75 Å². The molecule has 0 aliphatic carbocycles. The molecule has 0 aromatic heterocycles. The van der Waals surface area contributed by atoms with E-state index in [-0.39, 0.29) is 17.9 Å². The summed E-state index contributed by atoms with van der Waals surface area (Å²) in [6.07, 6.45) is 1.78. The number of aryl methyl sites for hydroxylation is 2. The Balaban J connectivity index is 1.68. The second-order valence-corrected chi connectivity index (χ2v) is 6.80. The van der Waals surface area contributed by atoms with E-state index in [4.69, 9.17) is 4.74 Å². The molecule has 1 amide bonds. The number of ether oxygens (including phenoxy) is 1. The molecule has 0 bridgehead atoms. The summed E-state index contributed by atoms with van der Waals surface area (Å²) in [4.78, 5) is 14.2. The second kappa shape index (κ2) is 9.04. The number of nitrogens with zero attached hydrogens (tertiary/aromatic N) is 1. The maximum absolute atomic E-state index is 12.1. The number of para-hydroxylation sites is 1. The minimum Gasteiger partial charge on any atom is -0.491 e. The molecular weight excluding hydrogens is 304 g/mol. The molecule has 134 valence electrons. The number of rotatable bonds is 7. The van der Waals surface area contributed by atoms with Crippen molar-refractivity contribution in [3.05, 3.63) is 29.3 Å². The van der Waals surface area contributed by atoms with Crippen LogP contribution in [0, 0.1) is 19.8 Å². The topological polar surface area (TPSA) is 61.8 Å². The molecule has 2 N–H and O–H groups in total. The van der Waals surface area contributed by atoms with Crippen molar-refractivity contribution in [2.75, 3.05) is 32.8 Å². The van der Waals surface area contributed by atoms with Crippen molar-refractivity contribution in [2.45, 2.75) is 39.7 Å². The van der Waals surface area contributed by atoms with E-state index in [1.165, 1.54) is 0 Å². The third-order valence-electron chi connectivity index (χ3n) is 4.67. The summed E-state index contributed by atoms with van der Waals surface area (Å²) in [7, 11) is 0. The van der Waals surface area contributed by atoms with Gasteiger partial charge in [-0.15, -0.1) is 0 Å². The van der Waals surface area contributed by atoms with Gasteiger partial charge in [0, 0.05) is 6.54 Å². The van der Waals surface area contributed by atoms with Gasteiger partial charge in [-0.05, 0) is 57.2 Å². The van der Waals surface area contributed by atoms with Gasteiger partial charge in [0.15, 0.2) is 0 Å². The largest absolute Gasteiger partial charge is 0.491 e. The lowest BCUT2D eigenvalue weighted by atomic mass is 9.93. The van der Waals surface area contributed by atoms with Gasteiger partial charge in [-0.2, -0.15) is 0 Å². The summed E-state index contributed by atoms with van der Waals surface area (Å²) in [5, 5.41) is 12.6. The molecular formula is C19H30N2O3. The van der Waals surface area contributed by atoms with E-state index in [9.17, 15) is 9.90 Å². The summed E-state index contributed by atoms with van der Waals surface area (Å²) in [6.45, 7) is 8.96. The summed E-state index contributed by atoms with van der Waals surface area (Å²) < 4.78 is 5.80. The van der Waals surface area contributed by atoms with Crippen molar-refractivity contribution < 1.29 is 14.6 Å². The van der Waals surface area contributed by atoms with E-state index >= 15 is 0 Å². The predicted molar refractivity (Wildman–Crippen MR) is 95.3 cm³/mol. The molecule has 2 unspecified atom stereocenters. The Hall–Kier alpha value is -1.59. The molecule has 2 atom stereocenters. The number of aliphatic hydroxyl groups is 1. The average molecular weight is 334 g/mol. The molecule has 1 aromatic rings. The lowest BCUT2D eigenvalue weighted by Gasteiger charge is -2.33. The van der Waals surface area contributed by atoms with Gasteiger partial charge in [0.05, 0.1) is 19.2 Å². The van der Waals surface area contributed by atoms with E-state index in [1.54, 1.807) is 0 Å². The fourth-order valence-electron chi connectivity index (χ4n) is 3.26. The zero-order chi connectivity index (χ0) is 17.5. The molecule has 1 heterocycles. The lowest BCUT2D eigenvalue weighted by Crippen LogP contribution is -2.45. The fraction of sp³-hybridized carbons (Fsp3) is 0.632. The van der Waals surface area contributed by atoms with Crippen molar-refractivity contribution in [3.8, 4) is 5.75 Å². The number of hydrogen-bond acceptors (Lipinski definition) is 4. The number of carbonyl (C=O) groups is 1. The first-order valence-electron chi connectivity index (χ1n) is 8.83. The first-order chi connectivity index (χ1) is 11.5. The van der Waals surface area contributed by atoms with E-state index in [2.05, 4.69) is 10.2 Å². The third kappa shape index (κ3) is 5.49. The fourth-order valence-corrected chi connectivity index (χ4v) is 3.26. The van der Waals surface area contributed by atoms with Crippen LogP contribution in [-0.2, 0) is 4.79 Å². The molecule has 0 saturated carbocycles. The van der Waals surface area contributed by atoms with Crippen LogP contribution in [0.1, 0.15) is 30.9 Å². The van der Waals surface area contributed by atoms with Gasteiger partial charge in [0.25, 0.3) is 0 Å². The summed E-state index contributed by atoms with van der Waals surface area (Å²) >= 11 is 0. The van der Waals surface area contributed by atoms with Gasteiger partial charge >= 0.3 is 0 Å². The summed E-state index contributed by atoms with van der Waals surface area (Å²) in [5.74, 6) is 1.20. The standard InChI is InChI=1S/C19H30N2O3/c1-14-6-4-7-15(2)19(14)24-11-9-20-18(23)13-21-10-5-8-17(12-21)16(3)22/h4,6-7,16-17,22H,5,8-13H2,1-3H3,(H,20,23). The molecule has 5 heteroatoms. The minimum absolute atomic E-state index is 0.0198. The van der Waals surface area contributed by atoms with Gasteiger partial charge in [-0.25, -0.2) is 0 Å². The molecule has 1 fully saturated rings. The molecule has 0 radical (unpaired) electrons. The van der Waals surface area contributed by atoms with Crippen LogP contribution in [0.4, 0.5) is 0 Å². The Morgan fingerprint density at radius 1 is 1.42 bits per heavy atom. The highest BCUT2D eigenvalue weighted by Gasteiger charge is 2.24. The quantitative estimate of drug-likeness (QED) is 0.748. The van der Waals surface area contributed by atoms with Crippen molar-refractivity contribution in [1.29, 1.82) is 0 Å². The van der Waals surface area contributed by atoms with E-state index in [0.29, 0.717) is 19.7 Å². The highest BCUT2D eigenvalue weighted by molar-refractivity contribution is 5.78. The number of piperidine rings is 1. The Bertz CT molecular complexity index is 525. The highest BCUT2D eigenvalue weighted by atomic mass is 16.5. The summed E-state index contributed by atoms with van der Waals surface area (Å²) in [6, 6.07) is 6.06. The predicted octanol–water partition coefficient (Wildman–Crippen LogP) is 1.89. The average Bonchev–Trinajstić information content (AvgIpc) is 2.54. The van der Waals surface area contributed by atoms with E-state index < -0.39 is 0 Å². The van der Waals surface area contributed by atoms with Gasteiger partial charge in [-0.1, -0.05) is 18.2 Å². The van der Waals surface area contributed by atoms with Gasteiger partial charge in [0.2, 0.25) is 5.91 Å². The zero-order valence-corrected chi connectivity index (χ0v) is 15.0. The van der Waals surface area contributed by atoms with Crippen LogP contribution in [-0.4, -0.2) is 54.8 Å². The molecule has 1 aliphatic rings. The van der Waals surface area contributed by atoms with Crippen LogP contribution in [0.2, 0.25) is 0 Å². The normalized spacial score (nSPS) is 19.8. The number of benzene rings is 1. The molecule has 1 aromatic carbocycles. The van der Waals surface area contributed by atoms with Gasteiger partial charge in [-0.3, -0.25) is 9.69 Å². The minimum atomic E-state index is -0.304. The lowest BCUT2D eigenvalue weighted by molar-refractivity contribution is -0.123. The van der Waals surface area contributed by atoms with Gasteiger partial charge < -0.3 is 15.2 Å². The van der Waals surface area contributed by atoms with E-state index in [0.717, 1.165) is 42.8 Å². The second-order valence-electron chi connectivity index (χ2n) is 6.80. The molecule has 24 heavy (non-hydrogen) atoms. The van der Waals surface area contributed by atoms with Crippen LogP contribution < -0.4 is 10.1 Å². The molecule has 0 spiro atoms. The zero-order valence-electron chi connectivity index (χ0n) is 15.0. The number of hydrogen-bond donors (Lipinski definition) is 2. The van der Waals surface area contributed by atoms with Crippen molar-refractivity contribution in [1.82, 2.24) is 10.2 Å². The highest BCUT2D eigenvalue weighted by Crippen LogP contribution is 2.22. The first-order valence-corrected chi connectivity index (χ1v) is 8.83.